The van der Waals surface area contributed by atoms with Crippen LogP contribution in [0, 0.1) is 0 Å². The Kier molecular flexibility index (Phi) is 6.11. The number of carbonyl (C=O) groups is 1. The molecule has 0 aliphatic rings. The molecule has 3 nitrogen and oxygen atoms in total. The maximum Gasteiger partial charge on any atom is 0.263 e. The highest BCUT2D eigenvalue weighted by atomic mass is 35.6. The van der Waals surface area contributed by atoms with Crippen LogP contribution in [0.4, 0.5) is 5.69 Å². The van der Waals surface area contributed by atoms with Crippen molar-refractivity contribution in [3.8, 4) is 0 Å². The first-order valence-electron chi connectivity index (χ1n) is 5.90. The minimum atomic E-state index is -1.78. The molecule has 1 amide bonds. The average molecular weight is 419 g/mol. The summed E-state index contributed by atoms with van der Waals surface area (Å²) >= 11 is 31.0. The van der Waals surface area contributed by atoms with Gasteiger partial charge in [-0.05, 0) is 29.6 Å². The lowest BCUT2D eigenvalue weighted by Gasteiger charge is -2.27. The number of hydrogen-bond acceptors (Lipinski definition) is 3. The van der Waals surface area contributed by atoms with Crippen molar-refractivity contribution in [3.05, 3.63) is 50.6 Å². The van der Waals surface area contributed by atoms with Crippen molar-refractivity contribution >= 4 is 80.9 Å². The lowest BCUT2D eigenvalue weighted by molar-refractivity contribution is 0.0946. The summed E-state index contributed by atoms with van der Waals surface area (Å²) in [6.45, 7) is 0. The van der Waals surface area contributed by atoms with E-state index >= 15 is 0 Å². The van der Waals surface area contributed by atoms with Crippen LogP contribution in [0.2, 0.25) is 10.0 Å². The molecule has 0 radical (unpaired) electrons. The molecular weight excluding hydrogens is 409 g/mol. The molecule has 2 rings (SSSR count). The maximum atomic E-state index is 12.1. The number of nitrogens with one attached hydrogen (secondary N) is 2. The van der Waals surface area contributed by atoms with Crippen LogP contribution < -0.4 is 10.6 Å². The third-order valence-corrected chi connectivity index (χ3v) is 4.65. The van der Waals surface area contributed by atoms with Gasteiger partial charge in [0, 0.05) is 5.02 Å². The molecule has 0 bridgehead atoms. The third kappa shape index (κ3) is 4.82. The van der Waals surface area contributed by atoms with Gasteiger partial charge in [0.05, 0.1) is 15.6 Å². The molecule has 1 heterocycles. The van der Waals surface area contributed by atoms with E-state index in [1.165, 1.54) is 11.3 Å². The standard InChI is InChI=1S/C13H9Cl5N2OS/c14-7-3-4-9(8(15)6-7)19-12(13(16,17)18)20-11(21)10-2-1-5-22-10/h1-6,12,19H,(H,20,21)/t12-/m1/s1. The Balaban J connectivity index is 2.18. The number of alkyl halides is 3. The van der Waals surface area contributed by atoms with Crippen LogP contribution in [0.1, 0.15) is 9.67 Å². The second kappa shape index (κ2) is 7.47. The summed E-state index contributed by atoms with van der Waals surface area (Å²) in [6.07, 6.45) is -0.981. The SMILES string of the molecule is O=C(N[C@@H](Nc1ccc(Cl)cc1Cl)C(Cl)(Cl)Cl)c1cccs1. The zero-order valence-corrected chi connectivity index (χ0v) is 15.3. The normalized spacial score (nSPS) is 12.8. The minimum Gasteiger partial charge on any atom is -0.361 e. The van der Waals surface area contributed by atoms with Crippen molar-refractivity contribution in [2.75, 3.05) is 5.32 Å². The van der Waals surface area contributed by atoms with Crippen molar-refractivity contribution in [2.24, 2.45) is 0 Å². The molecule has 1 atom stereocenters. The second-order valence-electron chi connectivity index (χ2n) is 4.19. The highest BCUT2D eigenvalue weighted by Gasteiger charge is 2.34. The van der Waals surface area contributed by atoms with Gasteiger partial charge in [-0.15, -0.1) is 11.3 Å². The fourth-order valence-electron chi connectivity index (χ4n) is 1.57. The van der Waals surface area contributed by atoms with Crippen LogP contribution in [0.3, 0.4) is 0 Å². The van der Waals surface area contributed by atoms with Gasteiger partial charge in [-0.1, -0.05) is 64.1 Å². The lowest BCUT2D eigenvalue weighted by atomic mass is 10.3. The molecule has 118 valence electrons. The number of carbonyl (C=O) groups excluding carboxylic acids is 1. The van der Waals surface area contributed by atoms with E-state index in [4.69, 9.17) is 58.0 Å². The summed E-state index contributed by atoms with van der Waals surface area (Å²) in [5.41, 5.74) is 0.480. The molecule has 0 spiro atoms. The quantitative estimate of drug-likeness (QED) is 0.502. The summed E-state index contributed by atoms with van der Waals surface area (Å²) in [6, 6.07) is 8.23. The first-order valence-corrected chi connectivity index (χ1v) is 8.67. The number of halogens is 5. The molecular formula is C13H9Cl5N2OS. The summed E-state index contributed by atoms with van der Waals surface area (Å²) < 4.78 is -1.78. The molecule has 2 N–H and O–H groups in total. The average Bonchev–Trinajstić information content (AvgIpc) is 2.93. The van der Waals surface area contributed by atoms with Crippen LogP contribution in [-0.2, 0) is 0 Å². The highest BCUT2D eigenvalue weighted by molar-refractivity contribution is 7.12. The van der Waals surface area contributed by atoms with Crippen molar-refractivity contribution in [2.45, 2.75) is 9.96 Å². The number of amides is 1. The third-order valence-electron chi connectivity index (χ3n) is 2.58. The van der Waals surface area contributed by atoms with Gasteiger partial charge in [0.1, 0.15) is 6.17 Å². The predicted octanol–water partition coefficient (Wildman–Crippen LogP) is 5.59. The van der Waals surface area contributed by atoms with E-state index in [0.29, 0.717) is 20.6 Å². The maximum absolute atomic E-state index is 12.1. The second-order valence-corrected chi connectivity index (χ2v) is 8.35. The molecule has 1 aromatic carbocycles. The van der Waals surface area contributed by atoms with Gasteiger partial charge >= 0.3 is 0 Å². The molecule has 0 aliphatic carbocycles. The minimum absolute atomic E-state index is 0.345. The summed E-state index contributed by atoms with van der Waals surface area (Å²) in [5.74, 6) is -0.357. The van der Waals surface area contributed by atoms with Crippen LogP contribution >= 0.6 is 69.3 Å². The molecule has 0 aliphatic heterocycles. The number of thiophene rings is 1. The molecule has 2 aromatic rings. The van der Waals surface area contributed by atoms with Crippen molar-refractivity contribution < 1.29 is 4.79 Å². The van der Waals surface area contributed by atoms with Crippen molar-refractivity contribution in [1.82, 2.24) is 5.32 Å². The van der Waals surface area contributed by atoms with E-state index in [9.17, 15) is 4.79 Å². The fraction of sp³-hybridized carbons (Fsp3) is 0.154. The number of hydrogen-bond donors (Lipinski definition) is 2. The van der Waals surface area contributed by atoms with E-state index in [1.54, 1.807) is 35.7 Å². The van der Waals surface area contributed by atoms with Gasteiger partial charge in [0.2, 0.25) is 3.79 Å². The van der Waals surface area contributed by atoms with Gasteiger partial charge < -0.3 is 10.6 Å². The van der Waals surface area contributed by atoms with E-state index in [-0.39, 0.29) is 5.91 Å². The summed E-state index contributed by atoms with van der Waals surface area (Å²) in [7, 11) is 0. The Hall–Kier alpha value is -0.360. The first kappa shape index (κ1) is 18.0. The van der Waals surface area contributed by atoms with Gasteiger partial charge in [0.15, 0.2) is 0 Å². The molecule has 9 heteroatoms. The van der Waals surface area contributed by atoms with E-state index in [0.717, 1.165) is 0 Å². The van der Waals surface area contributed by atoms with Crippen LogP contribution in [0.25, 0.3) is 0 Å². The molecule has 1 aromatic heterocycles. The Morgan fingerprint density at radius 1 is 1.18 bits per heavy atom. The molecule has 0 unspecified atom stereocenters. The molecule has 0 fully saturated rings. The fourth-order valence-corrected chi connectivity index (χ4v) is 2.99. The topological polar surface area (TPSA) is 41.1 Å². The molecule has 0 saturated carbocycles. The Morgan fingerprint density at radius 2 is 1.91 bits per heavy atom. The smallest absolute Gasteiger partial charge is 0.263 e. The zero-order chi connectivity index (χ0) is 16.3. The lowest BCUT2D eigenvalue weighted by Crippen LogP contribution is -2.49. The van der Waals surface area contributed by atoms with Crippen molar-refractivity contribution in [3.63, 3.8) is 0 Å². The number of benzene rings is 1. The van der Waals surface area contributed by atoms with Gasteiger partial charge in [-0.3, -0.25) is 4.79 Å². The highest BCUT2D eigenvalue weighted by Crippen LogP contribution is 2.33. The van der Waals surface area contributed by atoms with E-state index in [1.807, 2.05) is 0 Å². The van der Waals surface area contributed by atoms with Crippen LogP contribution in [0.5, 0.6) is 0 Å². The molecule has 0 saturated heterocycles. The molecule has 22 heavy (non-hydrogen) atoms. The largest absolute Gasteiger partial charge is 0.361 e. The predicted molar refractivity (Wildman–Crippen MR) is 95.9 cm³/mol. The van der Waals surface area contributed by atoms with Gasteiger partial charge in [-0.25, -0.2) is 0 Å². The summed E-state index contributed by atoms with van der Waals surface area (Å²) in [5, 5.41) is 8.12. The van der Waals surface area contributed by atoms with E-state index < -0.39 is 9.96 Å². The number of rotatable bonds is 4. The Bertz CT molecular complexity index is 657. The summed E-state index contributed by atoms with van der Waals surface area (Å²) in [4.78, 5) is 12.6. The van der Waals surface area contributed by atoms with Crippen LogP contribution in [-0.4, -0.2) is 15.9 Å². The number of anilines is 1. The van der Waals surface area contributed by atoms with Crippen LogP contribution in [0.15, 0.2) is 35.7 Å². The van der Waals surface area contributed by atoms with Gasteiger partial charge in [-0.2, -0.15) is 0 Å². The van der Waals surface area contributed by atoms with Gasteiger partial charge in [0.25, 0.3) is 5.91 Å². The van der Waals surface area contributed by atoms with Crippen molar-refractivity contribution in [1.29, 1.82) is 0 Å². The van der Waals surface area contributed by atoms with E-state index in [2.05, 4.69) is 10.6 Å². The Labute approximate surface area is 156 Å². The Morgan fingerprint density at radius 3 is 2.45 bits per heavy atom. The zero-order valence-electron chi connectivity index (χ0n) is 10.7. The monoisotopic (exact) mass is 416 g/mol. The first-order chi connectivity index (χ1) is 10.3.